The lowest BCUT2D eigenvalue weighted by Crippen LogP contribution is -1.93. The third-order valence-corrected chi connectivity index (χ3v) is 2.18. The van der Waals surface area contributed by atoms with Crippen LogP contribution in [0.15, 0.2) is 36.5 Å². The second-order valence-electron chi connectivity index (χ2n) is 2.93. The minimum atomic E-state index is 0.187. The minimum absolute atomic E-state index is 0.187. The van der Waals surface area contributed by atoms with Gasteiger partial charge in [0, 0.05) is 6.20 Å². The molecule has 0 atom stereocenters. The first kappa shape index (κ1) is 9.93. The van der Waals surface area contributed by atoms with Crippen LogP contribution in [-0.4, -0.2) is 17.1 Å². The van der Waals surface area contributed by atoms with Crippen molar-refractivity contribution in [2.24, 2.45) is 0 Å². The van der Waals surface area contributed by atoms with E-state index in [0.29, 0.717) is 5.88 Å². The van der Waals surface area contributed by atoms with Crippen LogP contribution in [-0.2, 0) is 0 Å². The Morgan fingerprint density at radius 1 is 1.20 bits per heavy atom. The Morgan fingerprint density at radius 2 is 1.93 bits per heavy atom. The van der Waals surface area contributed by atoms with Crippen molar-refractivity contribution >= 4 is 11.6 Å². The van der Waals surface area contributed by atoms with Gasteiger partial charge in [-0.15, -0.1) is 0 Å². The maximum atomic E-state index is 5.68. The van der Waals surface area contributed by atoms with Crippen molar-refractivity contribution in [3.05, 3.63) is 41.8 Å². The third kappa shape index (κ3) is 2.07. The molecule has 0 bridgehead atoms. The number of rotatable bonds is 2. The van der Waals surface area contributed by atoms with Crippen molar-refractivity contribution in [1.82, 2.24) is 9.97 Å². The highest BCUT2D eigenvalue weighted by Gasteiger charge is 2.07. The van der Waals surface area contributed by atoms with E-state index in [4.69, 9.17) is 16.3 Å². The van der Waals surface area contributed by atoms with E-state index in [1.54, 1.807) is 13.3 Å². The van der Waals surface area contributed by atoms with Gasteiger partial charge in [-0.3, -0.25) is 0 Å². The van der Waals surface area contributed by atoms with Crippen molar-refractivity contribution in [1.29, 1.82) is 0 Å². The van der Waals surface area contributed by atoms with E-state index in [9.17, 15) is 0 Å². The first-order valence-corrected chi connectivity index (χ1v) is 4.81. The highest BCUT2D eigenvalue weighted by molar-refractivity contribution is 6.28. The average Bonchev–Trinajstić information content (AvgIpc) is 2.30. The fourth-order valence-corrected chi connectivity index (χ4v) is 1.44. The fraction of sp³-hybridized carbons (Fsp3) is 0.0909. The number of hydrogen-bond donors (Lipinski definition) is 0. The summed E-state index contributed by atoms with van der Waals surface area (Å²) in [4.78, 5) is 7.94. The van der Waals surface area contributed by atoms with Crippen LogP contribution >= 0.6 is 11.6 Å². The van der Waals surface area contributed by atoms with E-state index >= 15 is 0 Å². The molecule has 2 aromatic rings. The van der Waals surface area contributed by atoms with Crippen LogP contribution in [0.2, 0.25) is 5.28 Å². The summed E-state index contributed by atoms with van der Waals surface area (Å²) in [7, 11) is 1.56. The summed E-state index contributed by atoms with van der Waals surface area (Å²) in [6, 6.07) is 9.78. The maximum Gasteiger partial charge on any atom is 0.225 e. The highest BCUT2D eigenvalue weighted by Crippen LogP contribution is 2.27. The number of methoxy groups -OCH3 is 1. The Labute approximate surface area is 92.7 Å². The molecule has 0 saturated carbocycles. The molecular formula is C11H9ClN2O. The molecule has 0 N–H and O–H groups in total. The molecule has 0 saturated heterocycles. The zero-order valence-corrected chi connectivity index (χ0v) is 8.90. The number of nitrogens with zero attached hydrogens (tertiary/aromatic N) is 2. The second kappa shape index (κ2) is 4.28. The van der Waals surface area contributed by atoms with Crippen LogP contribution in [0.3, 0.4) is 0 Å². The molecule has 0 amide bonds. The van der Waals surface area contributed by atoms with E-state index in [-0.39, 0.29) is 5.28 Å². The molecule has 0 aliphatic carbocycles. The molecule has 76 valence electrons. The SMILES string of the molecule is COc1nc(Cl)ncc1-c1ccccc1. The Morgan fingerprint density at radius 3 is 2.60 bits per heavy atom. The number of halogens is 1. The molecule has 0 spiro atoms. The molecule has 2 rings (SSSR count). The van der Waals surface area contributed by atoms with E-state index in [1.807, 2.05) is 30.3 Å². The monoisotopic (exact) mass is 220 g/mol. The molecule has 4 heteroatoms. The predicted molar refractivity (Wildman–Crippen MR) is 59.0 cm³/mol. The van der Waals surface area contributed by atoms with E-state index in [2.05, 4.69) is 9.97 Å². The summed E-state index contributed by atoms with van der Waals surface area (Å²) < 4.78 is 5.15. The molecule has 15 heavy (non-hydrogen) atoms. The minimum Gasteiger partial charge on any atom is -0.480 e. The maximum absolute atomic E-state index is 5.68. The van der Waals surface area contributed by atoms with Crippen LogP contribution in [0, 0.1) is 0 Å². The molecule has 1 aromatic carbocycles. The van der Waals surface area contributed by atoms with Gasteiger partial charge in [0.25, 0.3) is 0 Å². The molecule has 1 heterocycles. The quantitative estimate of drug-likeness (QED) is 0.730. The first-order valence-electron chi connectivity index (χ1n) is 4.43. The van der Waals surface area contributed by atoms with Gasteiger partial charge in [-0.1, -0.05) is 30.3 Å². The molecule has 0 aliphatic heterocycles. The van der Waals surface area contributed by atoms with Gasteiger partial charge in [0.1, 0.15) is 0 Å². The van der Waals surface area contributed by atoms with Crippen molar-refractivity contribution in [3.63, 3.8) is 0 Å². The van der Waals surface area contributed by atoms with Gasteiger partial charge in [-0.25, -0.2) is 4.98 Å². The summed E-state index contributed by atoms with van der Waals surface area (Å²) >= 11 is 5.68. The highest BCUT2D eigenvalue weighted by atomic mass is 35.5. The summed E-state index contributed by atoms with van der Waals surface area (Å²) in [6.45, 7) is 0. The average molecular weight is 221 g/mol. The van der Waals surface area contributed by atoms with Gasteiger partial charge < -0.3 is 4.74 Å². The normalized spacial score (nSPS) is 10.0. The Bertz CT molecular complexity index is 459. The second-order valence-corrected chi connectivity index (χ2v) is 3.27. The first-order chi connectivity index (χ1) is 7.31. The van der Waals surface area contributed by atoms with E-state index in [0.717, 1.165) is 11.1 Å². The van der Waals surface area contributed by atoms with Gasteiger partial charge in [-0.05, 0) is 17.2 Å². The van der Waals surface area contributed by atoms with Gasteiger partial charge in [0.05, 0.1) is 12.7 Å². The van der Waals surface area contributed by atoms with Crippen molar-refractivity contribution in [2.45, 2.75) is 0 Å². The standard InChI is InChI=1S/C11H9ClN2O/c1-15-10-9(7-13-11(12)14-10)8-5-3-2-4-6-8/h2-7H,1H3. The summed E-state index contributed by atoms with van der Waals surface area (Å²) in [6.07, 6.45) is 1.66. The van der Waals surface area contributed by atoms with Crippen molar-refractivity contribution in [2.75, 3.05) is 7.11 Å². The number of hydrogen-bond acceptors (Lipinski definition) is 3. The smallest absolute Gasteiger partial charge is 0.225 e. The summed E-state index contributed by atoms with van der Waals surface area (Å²) in [5.74, 6) is 0.487. The Hall–Kier alpha value is -1.61. The van der Waals surface area contributed by atoms with Crippen molar-refractivity contribution in [3.8, 4) is 17.0 Å². The van der Waals surface area contributed by atoms with E-state index < -0.39 is 0 Å². The molecule has 3 nitrogen and oxygen atoms in total. The summed E-state index contributed by atoms with van der Waals surface area (Å²) in [5.41, 5.74) is 1.84. The topological polar surface area (TPSA) is 35.0 Å². The van der Waals surface area contributed by atoms with Gasteiger partial charge >= 0.3 is 0 Å². The molecular weight excluding hydrogens is 212 g/mol. The largest absolute Gasteiger partial charge is 0.480 e. The lowest BCUT2D eigenvalue weighted by atomic mass is 10.1. The Kier molecular flexibility index (Phi) is 2.83. The molecule has 1 aromatic heterocycles. The van der Waals surface area contributed by atoms with Crippen LogP contribution in [0.4, 0.5) is 0 Å². The van der Waals surface area contributed by atoms with Crippen LogP contribution < -0.4 is 4.74 Å². The number of ether oxygens (including phenoxy) is 1. The number of benzene rings is 1. The molecule has 0 radical (unpaired) electrons. The van der Waals surface area contributed by atoms with Crippen LogP contribution in [0.5, 0.6) is 5.88 Å². The molecule has 0 aliphatic rings. The van der Waals surface area contributed by atoms with Gasteiger partial charge in [-0.2, -0.15) is 4.98 Å². The summed E-state index contributed by atoms with van der Waals surface area (Å²) in [5, 5.41) is 0.187. The van der Waals surface area contributed by atoms with Crippen molar-refractivity contribution < 1.29 is 4.74 Å². The van der Waals surface area contributed by atoms with Gasteiger partial charge in [0.15, 0.2) is 0 Å². The van der Waals surface area contributed by atoms with Crippen LogP contribution in [0.1, 0.15) is 0 Å². The number of aromatic nitrogens is 2. The molecule has 0 fully saturated rings. The Balaban J connectivity index is 2.53. The van der Waals surface area contributed by atoms with Gasteiger partial charge in [0.2, 0.25) is 11.2 Å². The zero-order chi connectivity index (χ0) is 10.7. The molecule has 0 unspecified atom stereocenters. The lowest BCUT2D eigenvalue weighted by Gasteiger charge is -2.06. The third-order valence-electron chi connectivity index (χ3n) is 2.00. The zero-order valence-electron chi connectivity index (χ0n) is 8.14. The van der Waals surface area contributed by atoms with E-state index in [1.165, 1.54) is 0 Å². The fourth-order valence-electron chi connectivity index (χ4n) is 1.32. The van der Waals surface area contributed by atoms with Crippen LogP contribution in [0.25, 0.3) is 11.1 Å². The predicted octanol–water partition coefficient (Wildman–Crippen LogP) is 2.81. The lowest BCUT2D eigenvalue weighted by molar-refractivity contribution is 0.398.